The Bertz CT molecular complexity index is 695. The molecule has 6 heteroatoms. The molecule has 0 radical (unpaired) electrons. The Kier molecular flexibility index (Phi) is 4.87. The minimum atomic E-state index is -0.471. The van der Waals surface area contributed by atoms with E-state index in [1.807, 2.05) is 25.1 Å². The molecule has 1 aliphatic carbocycles. The van der Waals surface area contributed by atoms with Gasteiger partial charge in [0.15, 0.2) is 0 Å². The summed E-state index contributed by atoms with van der Waals surface area (Å²) in [4.78, 5) is 19.9. The Balaban J connectivity index is 1.41. The van der Waals surface area contributed by atoms with Gasteiger partial charge in [-0.3, -0.25) is 20.5 Å². The molecule has 2 heterocycles. The standard InChI is InChI=1S/C20H27N3O3/c1-2-25-22-15-7-9-16(10-8-15)23-13-11-20(12-14-23)17-5-3-4-6-18(17)21-19(24)26-20/h3-7,16,22H,2,8-14H2,1H3,(H,21,24). The minimum absolute atomic E-state index is 0.329. The maximum Gasteiger partial charge on any atom is 0.412 e. The number of anilines is 1. The second-order valence-electron chi connectivity index (χ2n) is 7.28. The molecule has 1 saturated heterocycles. The fourth-order valence-electron chi connectivity index (χ4n) is 4.39. The number of hydroxylamine groups is 1. The average Bonchev–Trinajstić information content (AvgIpc) is 2.67. The summed E-state index contributed by atoms with van der Waals surface area (Å²) in [6.07, 6.45) is 6.83. The molecule has 3 aliphatic rings. The van der Waals surface area contributed by atoms with Crippen molar-refractivity contribution < 1.29 is 14.4 Å². The number of para-hydroxylation sites is 1. The first kappa shape index (κ1) is 17.4. The summed E-state index contributed by atoms with van der Waals surface area (Å²) in [6, 6.07) is 8.58. The zero-order valence-corrected chi connectivity index (χ0v) is 15.3. The van der Waals surface area contributed by atoms with E-state index in [-0.39, 0.29) is 6.09 Å². The van der Waals surface area contributed by atoms with E-state index in [4.69, 9.17) is 9.57 Å². The number of nitrogens with zero attached hydrogens (tertiary/aromatic N) is 1. The monoisotopic (exact) mass is 357 g/mol. The van der Waals surface area contributed by atoms with Gasteiger partial charge < -0.3 is 4.74 Å². The summed E-state index contributed by atoms with van der Waals surface area (Å²) in [6.45, 7) is 4.56. The maximum absolute atomic E-state index is 12.0. The number of nitrogens with one attached hydrogen (secondary N) is 2. The molecule has 6 nitrogen and oxygen atoms in total. The smallest absolute Gasteiger partial charge is 0.412 e. The van der Waals surface area contributed by atoms with Crippen LogP contribution in [0.15, 0.2) is 36.0 Å². The van der Waals surface area contributed by atoms with Gasteiger partial charge in [0.25, 0.3) is 0 Å². The van der Waals surface area contributed by atoms with Crippen LogP contribution in [0.2, 0.25) is 0 Å². The summed E-state index contributed by atoms with van der Waals surface area (Å²) in [5.41, 5.74) is 5.77. The van der Waals surface area contributed by atoms with Gasteiger partial charge >= 0.3 is 6.09 Å². The van der Waals surface area contributed by atoms with Gasteiger partial charge in [-0.15, -0.1) is 0 Å². The highest BCUT2D eigenvalue weighted by molar-refractivity contribution is 5.88. The van der Waals surface area contributed by atoms with E-state index < -0.39 is 5.60 Å². The molecule has 1 unspecified atom stereocenters. The molecule has 1 aromatic carbocycles. The summed E-state index contributed by atoms with van der Waals surface area (Å²) in [5.74, 6) is 0. The zero-order valence-electron chi connectivity index (χ0n) is 15.3. The van der Waals surface area contributed by atoms with Crippen LogP contribution in [0.5, 0.6) is 0 Å². The van der Waals surface area contributed by atoms with Crippen LogP contribution in [0, 0.1) is 0 Å². The number of fused-ring (bicyclic) bond motifs is 2. The fraction of sp³-hybridized carbons (Fsp3) is 0.550. The Morgan fingerprint density at radius 2 is 2.15 bits per heavy atom. The minimum Gasteiger partial charge on any atom is -0.438 e. The third-order valence-electron chi connectivity index (χ3n) is 5.80. The van der Waals surface area contributed by atoms with Crippen LogP contribution in [-0.4, -0.2) is 36.7 Å². The molecule has 26 heavy (non-hydrogen) atoms. The molecular weight excluding hydrogens is 330 g/mol. The van der Waals surface area contributed by atoms with Gasteiger partial charge in [0.2, 0.25) is 0 Å². The van der Waals surface area contributed by atoms with Crippen LogP contribution in [0.1, 0.15) is 44.6 Å². The molecule has 1 amide bonds. The number of carbonyl (C=O) groups excluding carboxylic acids is 1. The largest absolute Gasteiger partial charge is 0.438 e. The van der Waals surface area contributed by atoms with Crippen LogP contribution in [0.4, 0.5) is 10.5 Å². The van der Waals surface area contributed by atoms with Crippen molar-refractivity contribution in [3.8, 4) is 0 Å². The number of hydrogen-bond acceptors (Lipinski definition) is 5. The van der Waals surface area contributed by atoms with Crippen LogP contribution in [0.25, 0.3) is 0 Å². The van der Waals surface area contributed by atoms with Gasteiger partial charge in [0.1, 0.15) is 5.60 Å². The van der Waals surface area contributed by atoms with Gasteiger partial charge in [-0.05, 0) is 32.3 Å². The van der Waals surface area contributed by atoms with E-state index in [1.54, 1.807) is 0 Å². The van der Waals surface area contributed by atoms with Crippen LogP contribution >= 0.6 is 0 Å². The van der Waals surface area contributed by atoms with Crippen molar-refractivity contribution in [2.24, 2.45) is 0 Å². The lowest BCUT2D eigenvalue weighted by Gasteiger charge is -2.46. The molecule has 140 valence electrons. The van der Waals surface area contributed by atoms with E-state index in [0.717, 1.165) is 56.4 Å². The summed E-state index contributed by atoms with van der Waals surface area (Å²) >= 11 is 0. The van der Waals surface area contributed by atoms with Crippen molar-refractivity contribution in [2.75, 3.05) is 25.0 Å². The average molecular weight is 357 g/mol. The number of amides is 1. The summed E-state index contributed by atoms with van der Waals surface area (Å²) in [5, 5.41) is 2.83. The van der Waals surface area contributed by atoms with Crippen LogP contribution in [-0.2, 0) is 15.2 Å². The number of allylic oxidation sites excluding steroid dienone is 1. The lowest BCUT2D eigenvalue weighted by molar-refractivity contribution is -0.0468. The van der Waals surface area contributed by atoms with E-state index in [0.29, 0.717) is 12.6 Å². The molecule has 1 atom stereocenters. The number of ether oxygens (including phenoxy) is 1. The molecule has 4 rings (SSSR count). The SMILES string of the molecule is CCONC1=CCC(N2CCC3(CC2)OC(=O)Nc2ccccc23)CC1. The van der Waals surface area contributed by atoms with E-state index in [2.05, 4.69) is 27.8 Å². The maximum atomic E-state index is 12.0. The quantitative estimate of drug-likeness (QED) is 0.808. The number of benzene rings is 1. The number of piperidine rings is 1. The third-order valence-corrected chi connectivity index (χ3v) is 5.80. The predicted molar refractivity (Wildman–Crippen MR) is 99.5 cm³/mol. The molecule has 1 spiro atoms. The van der Waals surface area contributed by atoms with Gasteiger partial charge in [-0.1, -0.05) is 24.3 Å². The van der Waals surface area contributed by atoms with Crippen LogP contribution in [0.3, 0.4) is 0 Å². The molecule has 1 aromatic rings. The van der Waals surface area contributed by atoms with Gasteiger partial charge in [0, 0.05) is 43.2 Å². The van der Waals surface area contributed by atoms with Crippen molar-refractivity contribution in [2.45, 2.75) is 50.7 Å². The molecule has 2 aliphatic heterocycles. The second kappa shape index (κ2) is 7.29. The molecule has 2 N–H and O–H groups in total. The Labute approximate surface area is 154 Å². The first-order chi connectivity index (χ1) is 12.7. The van der Waals surface area contributed by atoms with Crippen molar-refractivity contribution in [1.82, 2.24) is 10.4 Å². The first-order valence-electron chi connectivity index (χ1n) is 9.60. The van der Waals surface area contributed by atoms with E-state index >= 15 is 0 Å². The third kappa shape index (κ3) is 3.31. The molecule has 1 fully saturated rings. The predicted octanol–water partition coefficient (Wildman–Crippen LogP) is 3.52. The number of hydrogen-bond donors (Lipinski definition) is 2. The van der Waals surface area contributed by atoms with Gasteiger partial charge in [-0.25, -0.2) is 4.79 Å². The highest BCUT2D eigenvalue weighted by Gasteiger charge is 2.45. The Morgan fingerprint density at radius 3 is 2.88 bits per heavy atom. The summed E-state index contributed by atoms with van der Waals surface area (Å²) in [7, 11) is 0. The number of likely N-dealkylation sites (tertiary alicyclic amines) is 1. The molecule has 0 aromatic heterocycles. The Hall–Kier alpha value is -2.05. The second-order valence-corrected chi connectivity index (χ2v) is 7.28. The molecular formula is C20H27N3O3. The van der Waals surface area contributed by atoms with E-state index in [1.165, 1.54) is 5.70 Å². The molecule has 0 saturated carbocycles. The lowest BCUT2D eigenvalue weighted by Crippen LogP contribution is -2.51. The Morgan fingerprint density at radius 1 is 1.35 bits per heavy atom. The van der Waals surface area contributed by atoms with Crippen molar-refractivity contribution in [1.29, 1.82) is 0 Å². The van der Waals surface area contributed by atoms with E-state index in [9.17, 15) is 4.79 Å². The van der Waals surface area contributed by atoms with Crippen molar-refractivity contribution in [3.05, 3.63) is 41.6 Å². The van der Waals surface area contributed by atoms with Gasteiger partial charge in [-0.2, -0.15) is 0 Å². The number of rotatable bonds is 4. The van der Waals surface area contributed by atoms with Crippen molar-refractivity contribution >= 4 is 11.8 Å². The number of carbonyl (C=O) groups is 1. The fourth-order valence-corrected chi connectivity index (χ4v) is 4.39. The van der Waals surface area contributed by atoms with Crippen molar-refractivity contribution in [3.63, 3.8) is 0 Å². The molecule has 0 bridgehead atoms. The highest BCUT2D eigenvalue weighted by Crippen LogP contribution is 2.44. The highest BCUT2D eigenvalue weighted by atomic mass is 16.6. The van der Waals surface area contributed by atoms with Gasteiger partial charge in [0.05, 0.1) is 12.3 Å². The first-order valence-corrected chi connectivity index (χ1v) is 9.60. The van der Waals surface area contributed by atoms with Crippen LogP contribution < -0.4 is 10.8 Å². The lowest BCUT2D eigenvalue weighted by atomic mass is 9.81. The summed E-state index contributed by atoms with van der Waals surface area (Å²) < 4.78 is 5.82. The normalized spacial score (nSPS) is 25.0. The topological polar surface area (TPSA) is 62.8 Å². The zero-order chi connectivity index (χ0) is 18.0.